The zero-order valence-electron chi connectivity index (χ0n) is 13.5. The number of aromatic nitrogens is 2. The van der Waals surface area contributed by atoms with Crippen LogP contribution in [0.2, 0.25) is 5.02 Å². The molecule has 0 aliphatic rings. The Morgan fingerprint density at radius 3 is 2.60 bits per heavy atom. The number of imidazole rings is 1. The van der Waals surface area contributed by atoms with Crippen molar-refractivity contribution in [1.82, 2.24) is 9.13 Å². The van der Waals surface area contributed by atoms with Crippen molar-refractivity contribution < 1.29 is 13.9 Å². The van der Waals surface area contributed by atoms with Crippen LogP contribution in [-0.2, 0) is 18.9 Å². The summed E-state index contributed by atoms with van der Waals surface area (Å²) in [6, 6.07) is 9.03. The first kappa shape index (κ1) is 17.0. The van der Waals surface area contributed by atoms with E-state index in [1.807, 2.05) is 0 Å². The predicted octanol–water partition coefficient (Wildman–Crippen LogP) is 2.69. The Hall–Kier alpha value is -2.80. The summed E-state index contributed by atoms with van der Waals surface area (Å²) in [5, 5.41) is 2.62. The fraction of sp³-hybridized carbons (Fsp3) is 0.176. The topological polar surface area (TPSA) is 65.3 Å². The van der Waals surface area contributed by atoms with Gasteiger partial charge in [0.1, 0.15) is 11.6 Å². The molecule has 2 aromatic carbocycles. The van der Waals surface area contributed by atoms with Gasteiger partial charge in [0.05, 0.1) is 16.1 Å². The van der Waals surface area contributed by atoms with Crippen LogP contribution in [0.4, 0.5) is 10.1 Å². The van der Waals surface area contributed by atoms with Crippen molar-refractivity contribution in [3.05, 3.63) is 57.7 Å². The number of amides is 1. The number of nitrogens with one attached hydrogen (secondary N) is 1. The maximum Gasteiger partial charge on any atom is 0.328 e. The van der Waals surface area contributed by atoms with Gasteiger partial charge in [-0.05, 0) is 30.3 Å². The summed E-state index contributed by atoms with van der Waals surface area (Å²) in [5.74, 6) is -0.650. The normalized spacial score (nSPS) is 10.9. The standard InChI is InChI=1S/C17H15ClFN3O3/c1-21-14-6-3-10(7-15(14)22(2)17(21)24)20-16(23)9-25-11-4-5-13(19)12(18)8-11/h3-8H,9H2,1-2H3,(H,20,23). The third-order valence-electron chi connectivity index (χ3n) is 3.82. The molecule has 0 spiro atoms. The van der Waals surface area contributed by atoms with Crippen molar-refractivity contribution in [2.75, 3.05) is 11.9 Å². The van der Waals surface area contributed by atoms with Crippen molar-refractivity contribution in [3.8, 4) is 5.75 Å². The number of nitrogens with zero attached hydrogens (tertiary/aromatic N) is 2. The Labute approximate surface area is 147 Å². The Kier molecular flexibility index (Phi) is 4.50. The summed E-state index contributed by atoms with van der Waals surface area (Å²) in [7, 11) is 3.35. The Balaban J connectivity index is 1.70. The molecule has 25 heavy (non-hydrogen) atoms. The van der Waals surface area contributed by atoms with E-state index >= 15 is 0 Å². The molecule has 3 aromatic rings. The van der Waals surface area contributed by atoms with Crippen molar-refractivity contribution in [3.63, 3.8) is 0 Å². The number of hydrogen-bond donors (Lipinski definition) is 1. The predicted molar refractivity (Wildman–Crippen MR) is 93.7 cm³/mol. The SMILES string of the molecule is Cn1c(=O)n(C)c2cc(NC(=O)COc3ccc(F)c(Cl)c3)ccc21. The number of aryl methyl sites for hydroxylation is 2. The number of benzene rings is 2. The maximum absolute atomic E-state index is 13.1. The minimum atomic E-state index is -0.555. The van der Waals surface area contributed by atoms with Gasteiger partial charge in [0, 0.05) is 25.8 Å². The molecule has 0 bridgehead atoms. The molecule has 0 saturated heterocycles. The number of rotatable bonds is 4. The molecule has 6 nitrogen and oxygen atoms in total. The van der Waals surface area contributed by atoms with Crippen molar-refractivity contribution in [2.24, 2.45) is 14.1 Å². The van der Waals surface area contributed by atoms with Gasteiger partial charge in [-0.3, -0.25) is 13.9 Å². The second-order valence-electron chi connectivity index (χ2n) is 5.52. The fourth-order valence-corrected chi connectivity index (χ4v) is 2.67. The van der Waals surface area contributed by atoms with Gasteiger partial charge in [0.15, 0.2) is 6.61 Å². The van der Waals surface area contributed by atoms with Crippen molar-refractivity contribution in [2.45, 2.75) is 0 Å². The van der Waals surface area contributed by atoms with Gasteiger partial charge in [-0.1, -0.05) is 11.6 Å². The Morgan fingerprint density at radius 2 is 1.88 bits per heavy atom. The molecule has 1 N–H and O–H groups in total. The highest BCUT2D eigenvalue weighted by molar-refractivity contribution is 6.30. The first-order chi connectivity index (χ1) is 11.9. The fourth-order valence-electron chi connectivity index (χ4n) is 2.50. The molecule has 1 amide bonds. The van der Waals surface area contributed by atoms with Gasteiger partial charge in [-0.25, -0.2) is 9.18 Å². The number of hydrogen-bond acceptors (Lipinski definition) is 3. The van der Waals surface area contributed by atoms with Crippen LogP contribution in [-0.4, -0.2) is 21.6 Å². The number of carbonyl (C=O) groups is 1. The van der Waals surface area contributed by atoms with E-state index in [0.29, 0.717) is 17.0 Å². The summed E-state index contributed by atoms with van der Waals surface area (Å²) in [5.41, 5.74) is 1.87. The summed E-state index contributed by atoms with van der Waals surface area (Å²) in [6.45, 7) is -0.256. The average molecular weight is 364 g/mol. The van der Waals surface area contributed by atoms with E-state index in [0.717, 1.165) is 5.52 Å². The van der Waals surface area contributed by atoms with Crippen LogP contribution in [0, 0.1) is 5.82 Å². The highest BCUT2D eigenvalue weighted by atomic mass is 35.5. The summed E-state index contributed by atoms with van der Waals surface area (Å²) in [4.78, 5) is 23.9. The summed E-state index contributed by atoms with van der Waals surface area (Å²) < 4.78 is 21.4. The van der Waals surface area contributed by atoms with Crippen molar-refractivity contribution in [1.29, 1.82) is 0 Å². The van der Waals surface area contributed by atoms with E-state index < -0.39 is 5.82 Å². The van der Waals surface area contributed by atoms with Crippen LogP contribution in [0.5, 0.6) is 5.75 Å². The summed E-state index contributed by atoms with van der Waals surface area (Å²) in [6.07, 6.45) is 0. The van der Waals surface area contributed by atoms with E-state index in [1.54, 1.807) is 32.3 Å². The lowest BCUT2D eigenvalue weighted by Gasteiger charge is -2.08. The quantitative estimate of drug-likeness (QED) is 0.775. The van der Waals surface area contributed by atoms with Crippen molar-refractivity contribution >= 4 is 34.2 Å². The van der Waals surface area contributed by atoms with Crippen LogP contribution in [0.15, 0.2) is 41.2 Å². The molecular formula is C17H15ClFN3O3. The minimum absolute atomic E-state index is 0.0756. The number of halogens is 2. The molecule has 0 fully saturated rings. The largest absolute Gasteiger partial charge is 0.484 e. The molecule has 3 rings (SSSR count). The second kappa shape index (κ2) is 6.60. The van der Waals surface area contributed by atoms with E-state index in [9.17, 15) is 14.0 Å². The Bertz CT molecular complexity index is 1030. The first-order valence-electron chi connectivity index (χ1n) is 7.40. The monoisotopic (exact) mass is 363 g/mol. The molecule has 0 atom stereocenters. The first-order valence-corrected chi connectivity index (χ1v) is 7.78. The van der Waals surface area contributed by atoms with E-state index in [4.69, 9.17) is 16.3 Å². The number of ether oxygens (including phenoxy) is 1. The molecule has 0 unspecified atom stereocenters. The molecule has 8 heteroatoms. The van der Waals surface area contributed by atoms with Crippen LogP contribution >= 0.6 is 11.6 Å². The molecule has 0 aliphatic carbocycles. The van der Waals surface area contributed by atoms with Crippen LogP contribution in [0.3, 0.4) is 0 Å². The van der Waals surface area contributed by atoms with Gasteiger partial charge in [-0.2, -0.15) is 0 Å². The van der Waals surface area contributed by atoms with Gasteiger partial charge in [0.25, 0.3) is 5.91 Å². The molecule has 0 aliphatic heterocycles. The Morgan fingerprint density at radius 1 is 1.16 bits per heavy atom. The lowest BCUT2D eigenvalue weighted by atomic mass is 10.2. The number of fused-ring (bicyclic) bond motifs is 1. The third-order valence-corrected chi connectivity index (χ3v) is 4.11. The maximum atomic E-state index is 13.1. The third kappa shape index (κ3) is 3.36. The highest BCUT2D eigenvalue weighted by Crippen LogP contribution is 2.21. The summed E-state index contributed by atoms with van der Waals surface area (Å²) >= 11 is 5.66. The smallest absolute Gasteiger partial charge is 0.328 e. The molecule has 1 heterocycles. The molecule has 1 aromatic heterocycles. The van der Waals surface area contributed by atoms with Crippen LogP contribution in [0.25, 0.3) is 11.0 Å². The van der Waals surface area contributed by atoms with E-state index in [1.165, 1.54) is 27.3 Å². The van der Waals surface area contributed by atoms with Crippen LogP contribution < -0.4 is 15.7 Å². The zero-order chi connectivity index (χ0) is 18.1. The van der Waals surface area contributed by atoms with Gasteiger partial charge in [0.2, 0.25) is 0 Å². The number of carbonyl (C=O) groups excluding carboxylic acids is 1. The van der Waals surface area contributed by atoms with Crippen LogP contribution in [0.1, 0.15) is 0 Å². The second-order valence-corrected chi connectivity index (χ2v) is 5.92. The van der Waals surface area contributed by atoms with Gasteiger partial charge < -0.3 is 10.1 Å². The number of anilines is 1. The zero-order valence-corrected chi connectivity index (χ0v) is 14.3. The van der Waals surface area contributed by atoms with E-state index in [-0.39, 0.29) is 23.2 Å². The molecule has 0 radical (unpaired) electrons. The average Bonchev–Trinajstić information content (AvgIpc) is 2.80. The lowest BCUT2D eigenvalue weighted by molar-refractivity contribution is -0.118. The molecule has 130 valence electrons. The van der Waals surface area contributed by atoms with Gasteiger partial charge in [-0.15, -0.1) is 0 Å². The van der Waals surface area contributed by atoms with Gasteiger partial charge >= 0.3 is 5.69 Å². The van der Waals surface area contributed by atoms with E-state index in [2.05, 4.69) is 5.32 Å². The molecule has 0 saturated carbocycles. The highest BCUT2D eigenvalue weighted by Gasteiger charge is 2.10. The molecular weight excluding hydrogens is 349 g/mol. The lowest BCUT2D eigenvalue weighted by Crippen LogP contribution is -2.20. The minimum Gasteiger partial charge on any atom is -0.484 e.